The molecular weight excluding hydrogens is 294 g/mol. The smallest absolute Gasteiger partial charge is 0.223 e. The quantitative estimate of drug-likeness (QED) is 0.865. The van der Waals surface area contributed by atoms with Crippen molar-refractivity contribution < 1.29 is 14.1 Å². The van der Waals surface area contributed by atoms with Crippen LogP contribution in [0.4, 0.5) is 0 Å². The summed E-state index contributed by atoms with van der Waals surface area (Å²) in [5.41, 5.74) is 2.97. The monoisotopic (exact) mass is 315 g/mol. The van der Waals surface area contributed by atoms with Crippen LogP contribution < -0.4 is 0 Å². The Hall–Kier alpha value is -2.21. The number of hydrogen-bond donors (Lipinski definition) is 0. The van der Waals surface area contributed by atoms with Crippen LogP contribution in [0, 0.1) is 13.8 Å². The first kappa shape index (κ1) is 15.7. The molecule has 6 nitrogen and oxygen atoms in total. The first-order chi connectivity index (χ1) is 11.1. The molecule has 1 saturated heterocycles. The first-order valence-corrected chi connectivity index (χ1v) is 7.86. The van der Waals surface area contributed by atoms with Crippen molar-refractivity contribution in [1.82, 2.24) is 15.0 Å². The zero-order valence-electron chi connectivity index (χ0n) is 13.5. The fourth-order valence-corrected chi connectivity index (χ4v) is 2.90. The van der Waals surface area contributed by atoms with Gasteiger partial charge in [-0.1, -0.05) is 5.16 Å². The first-order valence-electron chi connectivity index (χ1n) is 7.86. The van der Waals surface area contributed by atoms with Crippen LogP contribution in [0.25, 0.3) is 0 Å². The molecular formula is C17H21N3O3. The molecule has 0 radical (unpaired) electrons. The van der Waals surface area contributed by atoms with Crippen molar-refractivity contribution >= 4 is 5.91 Å². The molecule has 1 fully saturated rings. The normalized spacial score (nSPS) is 18.2. The average molecular weight is 315 g/mol. The van der Waals surface area contributed by atoms with E-state index in [-0.39, 0.29) is 12.0 Å². The highest BCUT2D eigenvalue weighted by molar-refractivity contribution is 5.76. The second-order valence-electron chi connectivity index (χ2n) is 5.78. The fraction of sp³-hybridized carbons (Fsp3) is 0.471. The molecule has 0 unspecified atom stereocenters. The van der Waals surface area contributed by atoms with Gasteiger partial charge in [0.15, 0.2) is 0 Å². The fourth-order valence-electron chi connectivity index (χ4n) is 2.90. The summed E-state index contributed by atoms with van der Waals surface area (Å²) < 4.78 is 10.9. The number of pyridine rings is 1. The van der Waals surface area contributed by atoms with Gasteiger partial charge < -0.3 is 14.2 Å². The van der Waals surface area contributed by atoms with Crippen molar-refractivity contribution in [2.45, 2.75) is 32.8 Å². The topological polar surface area (TPSA) is 68.5 Å². The summed E-state index contributed by atoms with van der Waals surface area (Å²) in [6.45, 7) is 5.58. The third-order valence-electron chi connectivity index (χ3n) is 4.27. The van der Waals surface area contributed by atoms with Gasteiger partial charge in [-0.15, -0.1) is 0 Å². The number of carbonyl (C=O) groups is 1. The molecule has 0 bridgehead atoms. The third kappa shape index (κ3) is 3.59. The van der Waals surface area contributed by atoms with Gasteiger partial charge >= 0.3 is 0 Å². The molecule has 1 aliphatic rings. The van der Waals surface area contributed by atoms with E-state index in [1.807, 2.05) is 30.9 Å². The zero-order chi connectivity index (χ0) is 16.2. The Morgan fingerprint density at radius 2 is 2.13 bits per heavy atom. The summed E-state index contributed by atoms with van der Waals surface area (Å²) in [6, 6.07) is 3.87. The molecule has 23 heavy (non-hydrogen) atoms. The molecule has 1 amide bonds. The highest BCUT2D eigenvalue weighted by Gasteiger charge is 2.25. The van der Waals surface area contributed by atoms with Crippen LogP contribution >= 0.6 is 0 Å². The van der Waals surface area contributed by atoms with Crippen molar-refractivity contribution in [2.75, 3.05) is 19.7 Å². The second kappa shape index (κ2) is 6.91. The van der Waals surface area contributed by atoms with Crippen LogP contribution in [0.2, 0.25) is 0 Å². The lowest BCUT2D eigenvalue weighted by Crippen LogP contribution is -2.42. The lowest BCUT2D eigenvalue weighted by atomic mass is 10.1. The van der Waals surface area contributed by atoms with E-state index in [4.69, 9.17) is 9.26 Å². The largest absolute Gasteiger partial charge is 0.370 e. The maximum atomic E-state index is 12.5. The molecule has 2 aromatic rings. The number of amides is 1. The molecule has 3 heterocycles. The van der Waals surface area contributed by atoms with Gasteiger partial charge in [0.05, 0.1) is 18.8 Å². The maximum absolute atomic E-state index is 12.5. The van der Waals surface area contributed by atoms with E-state index in [1.54, 1.807) is 12.4 Å². The van der Waals surface area contributed by atoms with Gasteiger partial charge in [-0.3, -0.25) is 9.78 Å². The van der Waals surface area contributed by atoms with Crippen molar-refractivity contribution in [3.8, 4) is 0 Å². The number of morpholine rings is 1. The van der Waals surface area contributed by atoms with E-state index in [1.165, 1.54) is 0 Å². The second-order valence-corrected chi connectivity index (χ2v) is 5.78. The highest BCUT2D eigenvalue weighted by Crippen LogP contribution is 2.22. The molecule has 0 N–H and O–H groups in total. The number of aryl methyl sites for hydroxylation is 2. The third-order valence-corrected chi connectivity index (χ3v) is 4.27. The Balaban J connectivity index is 1.59. The van der Waals surface area contributed by atoms with Crippen molar-refractivity contribution in [3.05, 3.63) is 47.1 Å². The van der Waals surface area contributed by atoms with E-state index < -0.39 is 0 Å². The van der Waals surface area contributed by atoms with E-state index in [0.29, 0.717) is 32.5 Å². The van der Waals surface area contributed by atoms with Crippen LogP contribution in [-0.2, 0) is 16.0 Å². The maximum Gasteiger partial charge on any atom is 0.223 e. The standard InChI is InChI=1S/C17H21N3O3/c1-12-15(13(2)23-19-12)3-4-17(21)20-9-10-22-16(11-20)14-5-7-18-8-6-14/h5-8,16H,3-4,9-11H2,1-2H3/t16-/m1/s1. The van der Waals surface area contributed by atoms with Crippen LogP contribution in [0.5, 0.6) is 0 Å². The van der Waals surface area contributed by atoms with Crippen LogP contribution in [0.1, 0.15) is 35.1 Å². The van der Waals surface area contributed by atoms with Crippen molar-refractivity contribution in [2.24, 2.45) is 0 Å². The Kier molecular flexibility index (Phi) is 4.71. The lowest BCUT2D eigenvalue weighted by Gasteiger charge is -2.33. The highest BCUT2D eigenvalue weighted by atomic mass is 16.5. The van der Waals surface area contributed by atoms with E-state index in [9.17, 15) is 4.79 Å². The Morgan fingerprint density at radius 3 is 2.83 bits per heavy atom. The summed E-state index contributed by atoms with van der Waals surface area (Å²) in [5, 5.41) is 3.93. The molecule has 1 aliphatic heterocycles. The minimum absolute atomic E-state index is 0.0743. The molecule has 0 aliphatic carbocycles. The SMILES string of the molecule is Cc1noc(C)c1CCC(=O)N1CCO[C@@H](c2ccncc2)C1. The summed E-state index contributed by atoms with van der Waals surface area (Å²) in [4.78, 5) is 18.4. The van der Waals surface area contributed by atoms with Gasteiger partial charge in [0.1, 0.15) is 11.9 Å². The molecule has 6 heteroatoms. The zero-order valence-corrected chi connectivity index (χ0v) is 13.5. The molecule has 1 atom stereocenters. The van der Waals surface area contributed by atoms with Gasteiger partial charge in [0.25, 0.3) is 0 Å². The van der Waals surface area contributed by atoms with Crippen molar-refractivity contribution in [3.63, 3.8) is 0 Å². The molecule has 0 spiro atoms. The minimum Gasteiger partial charge on any atom is -0.370 e. The van der Waals surface area contributed by atoms with E-state index >= 15 is 0 Å². The number of rotatable bonds is 4. The van der Waals surface area contributed by atoms with Gasteiger partial charge in [0, 0.05) is 30.9 Å². The molecule has 0 saturated carbocycles. The number of carbonyl (C=O) groups excluding carboxylic acids is 1. The summed E-state index contributed by atoms with van der Waals surface area (Å²) in [7, 11) is 0. The molecule has 3 rings (SSSR count). The Labute approximate surface area is 135 Å². The summed E-state index contributed by atoms with van der Waals surface area (Å²) in [6.07, 6.45) is 4.55. The number of aromatic nitrogens is 2. The van der Waals surface area contributed by atoms with Gasteiger partial charge in [-0.2, -0.15) is 0 Å². The average Bonchev–Trinajstić information content (AvgIpc) is 2.92. The van der Waals surface area contributed by atoms with E-state index in [2.05, 4.69) is 10.1 Å². The lowest BCUT2D eigenvalue weighted by molar-refractivity contribution is -0.139. The van der Waals surface area contributed by atoms with E-state index in [0.717, 1.165) is 22.6 Å². The van der Waals surface area contributed by atoms with Gasteiger partial charge in [-0.25, -0.2) is 0 Å². The van der Waals surface area contributed by atoms with Crippen LogP contribution in [-0.4, -0.2) is 40.6 Å². The summed E-state index contributed by atoms with van der Waals surface area (Å²) in [5.74, 6) is 0.944. The summed E-state index contributed by atoms with van der Waals surface area (Å²) >= 11 is 0. The number of hydrogen-bond acceptors (Lipinski definition) is 5. The Bertz CT molecular complexity index is 649. The number of ether oxygens (including phenoxy) is 1. The molecule has 0 aromatic carbocycles. The van der Waals surface area contributed by atoms with Gasteiger partial charge in [0.2, 0.25) is 5.91 Å². The predicted octanol–water partition coefficient (Wildman–Crippen LogP) is 2.22. The number of nitrogens with zero attached hydrogens (tertiary/aromatic N) is 3. The molecule has 2 aromatic heterocycles. The van der Waals surface area contributed by atoms with Crippen LogP contribution in [0.3, 0.4) is 0 Å². The predicted molar refractivity (Wildman–Crippen MR) is 83.8 cm³/mol. The minimum atomic E-state index is -0.0743. The Morgan fingerprint density at radius 1 is 1.35 bits per heavy atom. The molecule has 122 valence electrons. The van der Waals surface area contributed by atoms with Crippen molar-refractivity contribution in [1.29, 1.82) is 0 Å². The van der Waals surface area contributed by atoms with Crippen LogP contribution in [0.15, 0.2) is 29.0 Å². The van der Waals surface area contributed by atoms with Gasteiger partial charge in [-0.05, 0) is 38.0 Å².